The number of guanidine groups is 1. The SMILES string of the molecule is CN=C(NCCCc1nnc(SC)n1CC(C)C)N(C)Cc1ccc(C)cc1. The van der Waals surface area contributed by atoms with Crippen LogP contribution in [0.3, 0.4) is 0 Å². The summed E-state index contributed by atoms with van der Waals surface area (Å²) >= 11 is 1.66. The second kappa shape index (κ2) is 11.1. The van der Waals surface area contributed by atoms with Gasteiger partial charge in [0.1, 0.15) is 5.82 Å². The van der Waals surface area contributed by atoms with Crippen molar-refractivity contribution in [2.24, 2.45) is 10.9 Å². The Balaban J connectivity index is 1.84. The Kier molecular flexibility index (Phi) is 8.83. The van der Waals surface area contributed by atoms with Crippen LogP contribution >= 0.6 is 11.8 Å². The summed E-state index contributed by atoms with van der Waals surface area (Å²) in [6.07, 6.45) is 3.95. The number of aliphatic imine (C=N–C) groups is 1. The summed E-state index contributed by atoms with van der Waals surface area (Å²) in [5.74, 6) is 2.56. The Morgan fingerprint density at radius 2 is 1.96 bits per heavy atom. The highest BCUT2D eigenvalue weighted by atomic mass is 32.2. The third-order valence-corrected chi connectivity index (χ3v) is 5.16. The molecule has 28 heavy (non-hydrogen) atoms. The molecule has 2 rings (SSSR count). The van der Waals surface area contributed by atoms with Gasteiger partial charge in [-0.05, 0) is 31.1 Å². The van der Waals surface area contributed by atoms with Gasteiger partial charge in [-0.3, -0.25) is 4.99 Å². The van der Waals surface area contributed by atoms with Gasteiger partial charge in [0, 0.05) is 40.2 Å². The quantitative estimate of drug-likeness (QED) is 0.301. The van der Waals surface area contributed by atoms with Crippen molar-refractivity contribution in [1.29, 1.82) is 0 Å². The summed E-state index contributed by atoms with van der Waals surface area (Å²) in [4.78, 5) is 6.57. The zero-order valence-electron chi connectivity index (χ0n) is 18.1. The summed E-state index contributed by atoms with van der Waals surface area (Å²) in [6, 6.07) is 8.64. The van der Waals surface area contributed by atoms with Gasteiger partial charge in [0.15, 0.2) is 11.1 Å². The number of hydrogen-bond donors (Lipinski definition) is 1. The van der Waals surface area contributed by atoms with Gasteiger partial charge < -0.3 is 14.8 Å². The number of nitrogens with one attached hydrogen (secondary N) is 1. The zero-order valence-corrected chi connectivity index (χ0v) is 18.9. The molecule has 0 aliphatic rings. The first-order valence-electron chi connectivity index (χ1n) is 9.88. The average Bonchev–Trinajstić information content (AvgIpc) is 3.04. The first-order valence-corrected chi connectivity index (χ1v) is 11.1. The van der Waals surface area contributed by atoms with E-state index in [1.54, 1.807) is 11.8 Å². The van der Waals surface area contributed by atoms with Crippen molar-refractivity contribution in [3.63, 3.8) is 0 Å². The lowest BCUT2D eigenvalue weighted by Crippen LogP contribution is -2.39. The number of aromatic nitrogens is 3. The van der Waals surface area contributed by atoms with Crippen LogP contribution in [0.25, 0.3) is 0 Å². The molecule has 0 saturated heterocycles. The molecule has 154 valence electrons. The van der Waals surface area contributed by atoms with Crippen molar-refractivity contribution in [3.05, 3.63) is 41.2 Å². The van der Waals surface area contributed by atoms with Gasteiger partial charge in [-0.15, -0.1) is 10.2 Å². The summed E-state index contributed by atoms with van der Waals surface area (Å²) in [5.41, 5.74) is 2.56. The molecule has 0 bridgehead atoms. The molecule has 0 unspecified atom stereocenters. The van der Waals surface area contributed by atoms with Crippen LogP contribution in [0.4, 0.5) is 0 Å². The van der Waals surface area contributed by atoms with Gasteiger partial charge in [0.2, 0.25) is 0 Å². The number of nitrogens with zero attached hydrogens (tertiary/aromatic N) is 5. The highest BCUT2D eigenvalue weighted by Crippen LogP contribution is 2.16. The molecule has 7 heteroatoms. The molecule has 0 atom stereocenters. The predicted molar refractivity (Wildman–Crippen MR) is 119 cm³/mol. The largest absolute Gasteiger partial charge is 0.356 e. The molecule has 1 heterocycles. The second-order valence-electron chi connectivity index (χ2n) is 7.53. The fourth-order valence-corrected chi connectivity index (χ4v) is 3.60. The number of thioether (sulfide) groups is 1. The van der Waals surface area contributed by atoms with Crippen LogP contribution in [0.15, 0.2) is 34.4 Å². The lowest BCUT2D eigenvalue weighted by molar-refractivity contribution is 0.469. The highest BCUT2D eigenvalue weighted by molar-refractivity contribution is 7.98. The van der Waals surface area contributed by atoms with Crippen LogP contribution in [0.1, 0.15) is 37.2 Å². The topological polar surface area (TPSA) is 58.3 Å². The maximum atomic E-state index is 4.42. The lowest BCUT2D eigenvalue weighted by atomic mass is 10.1. The van der Waals surface area contributed by atoms with Crippen molar-refractivity contribution in [2.75, 3.05) is 26.9 Å². The van der Waals surface area contributed by atoms with Crippen molar-refractivity contribution < 1.29 is 0 Å². The van der Waals surface area contributed by atoms with Crippen LogP contribution in [-0.2, 0) is 19.5 Å². The maximum Gasteiger partial charge on any atom is 0.193 e. The molecular weight excluding hydrogens is 368 g/mol. The van der Waals surface area contributed by atoms with E-state index in [1.807, 2.05) is 7.05 Å². The normalized spacial score (nSPS) is 11.9. The van der Waals surface area contributed by atoms with Gasteiger partial charge in [-0.2, -0.15) is 0 Å². The van der Waals surface area contributed by atoms with E-state index < -0.39 is 0 Å². The third kappa shape index (κ3) is 6.55. The van der Waals surface area contributed by atoms with E-state index in [1.165, 1.54) is 11.1 Å². The van der Waals surface area contributed by atoms with Crippen LogP contribution in [-0.4, -0.2) is 52.5 Å². The van der Waals surface area contributed by atoms with E-state index in [9.17, 15) is 0 Å². The molecule has 6 nitrogen and oxygen atoms in total. The Bertz CT molecular complexity index is 751. The van der Waals surface area contributed by atoms with Gasteiger partial charge in [0.05, 0.1) is 0 Å². The van der Waals surface area contributed by atoms with Crippen LogP contribution in [0.5, 0.6) is 0 Å². The Labute approximate surface area is 173 Å². The minimum absolute atomic E-state index is 0.577. The standard InChI is InChI=1S/C21H34N6S/c1-16(2)14-27-19(24-25-21(27)28-6)8-7-13-23-20(22-4)26(5)15-18-11-9-17(3)10-12-18/h9-12,16H,7-8,13-15H2,1-6H3,(H,22,23). The second-order valence-corrected chi connectivity index (χ2v) is 8.30. The molecule has 0 amide bonds. The molecule has 0 fully saturated rings. The summed E-state index contributed by atoms with van der Waals surface area (Å²) < 4.78 is 2.26. The van der Waals surface area contributed by atoms with E-state index in [4.69, 9.17) is 0 Å². The number of rotatable bonds is 9. The van der Waals surface area contributed by atoms with Crippen LogP contribution < -0.4 is 5.32 Å². The highest BCUT2D eigenvalue weighted by Gasteiger charge is 2.12. The van der Waals surface area contributed by atoms with E-state index in [-0.39, 0.29) is 0 Å². The van der Waals surface area contributed by atoms with Crippen molar-refractivity contribution in [3.8, 4) is 0 Å². The molecule has 2 aromatic rings. The van der Waals surface area contributed by atoms with Crippen molar-refractivity contribution in [1.82, 2.24) is 25.0 Å². The number of hydrogen-bond acceptors (Lipinski definition) is 4. The molecule has 0 aliphatic heterocycles. The first kappa shape index (κ1) is 22.3. The summed E-state index contributed by atoms with van der Waals surface area (Å²) in [7, 11) is 3.90. The summed E-state index contributed by atoms with van der Waals surface area (Å²) in [6.45, 7) is 9.21. The van der Waals surface area contributed by atoms with Gasteiger partial charge in [-0.1, -0.05) is 55.4 Å². The number of benzene rings is 1. The van der Waals surface area contributed by atoms with E-state index in [2.05, 4.69) is 88.3 Å². The molecule has 1 N–H and O–H groups in total. The number of aryl methyl sites for hydroxylation is 2. The Morgan fingerprint density at radius 1 is 1.25 bits per heavy atom. The smallest absolute Gasteiger partial charge is 0.193 e. The summed E-state index contributed by atoms with van der Waals surface area (Å²) in [5, 5.41) is 13.2. The van der Waals surface area contributed by atoms with E-state index >= 15 is 0 Å². The molecule has 0 aliphatic carbocycles. The minimum Gasteiger partial charge on any atom is -0.356 e. The maximum absolute atomic E-state index is 4.42. The fourth-order valence-electron chi connectivity index (χ4n) is 3.08. The minimum atomic E-state index is 0.577. The fraction of sp³-hybridized carbons (Fsp3) is 0.571. The van der Waals surface area contributed by atoms with Gasteiger partial charge in [0.25, 0.3) is 0 Å². The molecule has 0 spiro atoms. The third-order valence-electron chi connectivity index (χ3n) is 4.50. The zero-order chi connectivity index (χ0) is 20.5. The van der Waals surface area contributed by atoms with Crippen LogP contribution in [0.2, 0.25) is 0 Å². The van der Waals surface area contributed by atoms with Crippen LogP contribution in [0, 0.1) is 12.8 Å². The van der Waals surface area contributed by atoms with Crippen molar-refractivity contribution in [2.45, 2.75) is 51.9 Å². The van der Waals surface area contributed by atoms with E-state index in [0.717, 1.165) is 49.4 Å². The monoisotopic (exact) mass is 402 g/mol. The predicted octanol–water partition coefficient (Wildman–Crippen LogP) is 3.60. The van der Waals surface area contributed by atoms with E-state index in [0.29, 0.717) is 5.92 Å². The molecule has 0 saturated carbocycles. The molecule has 1 aromatic heterocycles. The van der Waals surface area contributed by atoms with Gasteiger partial charge >= 0.3 is 0 Å². The Morgan fingerprint density at radius 3 is 2.57 bits per heavy atom. The molecule has 1 aromatic carbocycles. The molecule has 0 radical (unpaired) electrons. The van der Waals surface area contributed by atoms with Crippen molar-refractivity contribution >= 4 is 17.7 Å². The lowest BCUT2D eigenvalue weighted by Gasteiger charge is -2.22. The Hall–Kier alpha value is -2.02. The average molecular weight is 403 g/mol. The first-order chi connectivity index (χ1) is 13.4. The molecular formula is C21H34N6S. The van der Waals surface area contributed by atoms with Gasteiger partial charge in [-0.25, -0.2) is 0 Å².